The molecule has 3 rings (SSSR count). The lowest BCUT2D eigenvalue weighted by molar-refractivity contribution is -0.156. The molecule has 1 aromatic carbocycles. The second-order valence-electron chi connectivity index (χ2n) is 7.44. The van der Waals surface area contributed by atoms with Crippen molar-refractivity contribution >= 4 is 5.91 Å². The summed E-state index contributed by atoms with van der Waals surface area (Å²) in [5, 5.41) is 0. The van der Waals surface area contributed by atoms with Crippen molar-refractivity contribution in [2.24, 2.45) is 5.41 Å². The van der Waals surface area contributed by atoms with Gasteiger partial charge in [0.15, 0.2) is 0 Å². The van der Waals surface area contributed by atoms with E-state index in [9.17, 15) is 4.79 Å². The molecule has 0 aliphatic carbocycles. The molecule has 1 fully saturated rings. The monoisotopic (exact) mass is 327 g/mol. The predicted molar refractivity (Wildman–Crippen MR) is 92.4 cm³/mol. The van der Waals surface area contributed by atoms with Crippen LogP contribution in [0.5, 0.6) is 0 Å². The van der Waals surface area contributed by atoms with E-state index in [1.807, 2.05) is 23.1 Å². The van der Waals surface area contributed by atoms with Gasteiger partial charge in [-0.25, -0.2) is 4.98 Å². The summed E-state index contributed by atoms with van der Waals surface area (Å²) in [7, 11) is 0. The van der Waals surface area contributed by atoms with E-state index in [-0.39, 0.29) is 23.5 Å². The average molecular weight is 327 g/mol. The van der Waals surface area contributed by atoms with Crippen LogP contribution in [-0.4, -0.2) is 40.0 Å². The summed E-state index contributed by atoms with van der Waals surface area (Å²) in [4.78, 5) is 21.7. The van der Waals surface area contributed by atoms with Crippen LogP contribution in [0.15, 0.2) is 42.9 Å². The van der Waals surface area contributed by atoms with Crippen molar-refractivity contribution in [3.05, 3.63) is 54.1 Å². The zero-order valence-electron chi connectivity index (χ0n) is 14.5. The zero-order chi connectivity index (χ0) is 17.2. The number of benzene rings is 1. The Morgan fingerprint density at radius 1 is 1.29 bits per heavy atom. The molecule has 1 aliphatic heterocycles. The Balaban J connectivity index is 1.79. The summed E-state index contributed by atoms with van der Waals surface area (Å²) in [5.41, 5.74) is 1.93. The van der Waals surface area contributed by atoms with Crippen molar-refractivity contribution in [3.8, 4) is 0 Å². The standard InChI is InChI=1S/C19H25N3O2/c1-19(2,3)17-12-22(18(23)9-15-10-20-13-21-15)11-16(24-17)14-7-5-4-6-8-14/h4-8,10,13,16-17H,9,11-12H2,1-3H3,(H,20,21)/t16-,17+/m0/s1. The molecule has 5 heteroatoms. The first-order valence-electron chi connectivity index (χ1n) is 8.39. The quantitative estimate of drug-likeness (QED) is 0.943. The van der Waals surface area contributed by atoms with Crippen LogP contribution in [-0.2, 0) is 16.0 Å². The molecule has 128 valence electrons. The molecule has 0 unspecified atom stereocenters. The minimum atomic E-state index is -0.0881. The number of carbonyl (C=O) groups excluding carboxylic acids is 1. The number of imidazole rings is 1. The molecule has 0 radical (unpaired) electrons. The molecule has 2 heterocycles. The number of H-pyrrole nitrogens is 1. The first-order chi connectivity index (χ1) is 11.4. The number of nitrogens with one attached hydrogen (secondary N) is 1. The molecule has 24 heavy (non-hydrogen) atoms. The van der Waals surface area contributed by atoms with Gasteiger partial charge in [-0.2, -0.15) is 0 Å². The van der Waals surface area contributed by atoms with Crippen molar-refractivity contribution in [3.63, 3.8) is 0 Å². The van der Waals surface area contributed by atoms with E-state index >= 15 is 0 Å². The van der Waals surface area contributed by atoms with Crippen molar-refractivity contribution in [1.82, 2.24) is 14.9 Å². The first kappa shape index (κ1) is 16.7. The van der Waals surface area contributed by atoms with E-state index in [0.29, 0.717) is 19.5 Å². The minimum Gasteiger partial charge on any atom is -0.366 e. The van der Waals surface area contributed by atoms with Crippen LogP contribution in [0.1, 0.15) is 38.1 Å². The highest BCUT2D eigenvalue weighted by Crippen LogP contribution is 2.33. The van der Waals surface area contributed by atoms with Crippen molar-refractivity contribution in [2.45, 2.75) is 39.4 Å². The van der Waals surface area contributed by atoms with Gasteiger partial charge in [0.1, 0.15) is 6.10 Å². The van der Waals surface area contributed by atoms with Gasteiger partial charge in [-0.1, -0.05) is 51.1 Å². The lowest BCUT2D eigenvalue weighted by Crippen LogP contribution is -2.51. The van der Waals surface area contributed by atoms with Crippen LogP contribution in [0.25, 0.3) is 0 Å². The molecule has 2 aromatic rings. The van der Waals surface area contributed by atoms with Gasteiger partial charge in [0.25, 0.3) is 0 Å². The van der Waals surface area contributed by atoms with Gasteiger partial charge in [0.2, 0.25) is 5.91 Å². The number of morpholine rings is 1. The molecule has 1 aliphatic rings. The number of nitrogens with zero attached hydrogens (tertiary/aromatic N) is 2. The summed E-state index contributed by atoms with van der Waals surface area (Å²) in [6, 6.07) is 10.1. The predicted octanol–water partition coefficient (Wildman–Crippen LogP) is 2.97. The summed E-state index contributed by atoms with van der Waals surface area (Å²) in [6.45, 7) is 7.68. The summed E-state index contributed by atoms with van der Waals surface area (Å²) < 4.78 is 6.34. The van der Waals surface area contributed by atoms with E-state index in [0.717, 1.165) is 11.3 Å². The molecular formula is C19H25N3O2. The third-order valence-corrected chi connectivity index (χ3v) is 4.49. The Morgan fingerprint density at radius 2 is 2.04 bits per heavy atom. The van der Waals surface area contributed by atoms with E-state index in [2.05, 4.69) is 42.9 Å². The SMILES string of the molecule is CC(C)(C)[C@H]1CN(C(=O)Cc2cnc[nH]2)C[C@@H](c2ccccc2)O1. The largest absolute Gasteiger partial charge is 0.366 e. The summed E-state index contributed by atoms with van der Waals surface area (Å²) in [6.07, 6.45) is 3.57. The van der Waals surface area contributed by atoms with Crippen LogP contribution < -0.4 is 0 Å². The van der Waals surface area contributed by atoms with Crippen LogP contribution in [0.4, 0.5) is 0 Å². The molecule has 1 amide bonds. The molecule has 1 N–H and O–H groups in total. The number of aromatic amines is 1. The highest BCUT2D eigenvalue weighted by Gasteiger charge is 2.37. The van der Waals surface area contributed by atoms with Crippen molar-refractivity contribution in [1.29, 1.82) is 0 Å². The molecule has 0 saturated carbocycles. The molecule has 5 nitrogen and oxygen atoms in total. The van der Waals surface area contributed by atoms with E-state index in [1.54, 1.807) is 12.5 Å². The maximum absolute atomic E-state index is 12.7. The van der Waals surface area contributed by atoms with E-state index < -0.39 is 0 Å². The van der Waals surface area contributed by atoms with Gasteiger partial charge in [0.05, 0.1) is 25.4 Å². The van der Waals surface area contributed by atoms with Crippen molar-refractivity contribution in [2.75, 3.05) is 13.1 Å². The molecule has 2 atom stereocenters. The zero-order valence-corrected chi connectivity index (χ0v) is 14.5. The Hall–Kier alpha value is -2.14. The lowest BCUT2D eigenvalue weighted by Gasteiger charge is -2.43. The van der Waals surface area contributed by atoms with Crippen LogP contribution in [0.3, 0.4) is 0 Å². The van der Waals surface area contributed by atoms with Gasteiger partial charge in [-0.05, 0) is 11.0 Å². The van der Waals surface area contributed by atoms with Gasteiger partial charge >= 0.3 is 0 Å². The Labute approximate surface area is 143 Å². The number of amides is 1. The van der Waals surface area contributed by atoms with Gasteiger partial charge in [0, 0.05) is 18.4 Å². The number of aromatic nitrogens is 2. The smallest absolute Gasteiger partial charge is 0.228 e. The topological polar surface area (TPSA) is 58.2 Å². The van der Waals surface area contributed by atoms with Crippen molar-refractivity contribution < 1.29 is 9.53 Å². The number of hydrogen-bond acceptors (Lipinski definition) is 3. The maximum atomic E-state index is 12.7. The van der Waals surface area contributed by atoms with Crippen LogP contribution in [0, 0.1) is 5.41 Å². The first-order valence-corrected chi connectivity index (χ1v) is 8.39. The molecule has 1 aromatic heterocycles. The Morgan fingerprint density at radius 3 is 2.67 bits per heavy atom. The Kier molecular flexibility index (Phi) is 4.71. The van der Waals surface area contributed by atoms with Crippen LogP contribution in [0.2, 0.25) is 0 Å². The van der Waals surface area contributed by atoms with E-state index in [4.69, 9.17) is 4.74 Å². The number of hydrogen-bond donors (Lipinski definition) is 1. The number of rotatable bonds is 3. The average Bonchev–Trinajstić information content (AvgIpc) is 3.07. The second kappa shape index (κ2) is 6.77. The fourth-order valence-electron chi connectivity index (χ4n) is 2.95. The minimum absolute atomic E-state index is 0.00201. The van der Waals surface area contributed by atoms with E-state index in [1.165, 1.54) is 0 Å². The molecular weight excluding hydrogens is 302 g/mol. The molecule has 0 bridgehead atoms. The second-order valence-corrected chi connectivity index (χ2v) is 7.44. The normalized spacial score (nSPS) is 21.7. The van der Waals surface area contributed by atoms with Crippen LogP contribution >= 0.6 is 0 Å². The summed E-state index contributed by atoms with van der Waals surface area (Å²) >= 11 is 0. The van der Waals surface area contributed by atoms with Gasteiger partial charge in [-0.3, -0.25) is 4.79 Å². The highest BCUT2D eigenvalue weighted by atomic mass is 16.5. The van der Waals surface area contributed by atoms with Gasteiger partial charge < -0.3 is 14.6 Å². The maximum Gasteiger partial charge on any atom is 0.228 e. The third-order valence-electron chi connectivity index (χ3n) is 4.49. The number of carbonyl (C=O) groups is 1. The molecule has 0 spiro atoms. The Bertz CT molecular complexity index is 662. The highest BCUT2D eigenvalue weighted by molar-refractivity contribution is 5.78. The third kappa shape index (κ3) is 3.85. The lowest BCUT2D eigenvalue weighted by atomic mass is 9.87. The fourth-order valence-corrected chi connectivity index (χ4v) is 2.95. The fraction of sp³-hybridized carbons (Fsp3) is 0.474. The molecule has 1 saturated heterocycles. The number of ether oxygens (including phenoxy) is 1. The van der Waals surface area contributed by atoms with Gasteiger partial charge in [-0.15, -0.1) is 0 Å². The summed E-state index contributed by atoms with van der Waals surface area (Å²) in [5.74, 6) is 0.109.